The maximum Gasteiger partial charge on any atom is 0.412 e. The predicted octanol–water partition coefficient (Wildman–Crippen LogP) is 2.40. The molecule has 4 atom stereocenters. The fourth-order valence-electron chi connectivity index (χ4n) is 3.60. The van der Waals surface area contributed by atoms with E-state index in [1.54, 1.807) is 48.5 Å². The van der Waals surface area contributed by atoms with Gasteiger partial charge in [0, 0.05) is 16.8 Å². The Hall–Kier alpha value is -3.23. The van der Waals surface area contributed by atoms with Gasteiger partial charge in [-0.05, 0) is 43.3 Å². The molecule has 2 amide bonds. The van der Waals surface area contributed by atoms with Gasteiger partial charge in [0.25, 0.3) is 5.91 Å². The summed E-state index contributed by atoms with van der Waals surface area (Å²) in [5.41, 5.74) is 1.63. The lowest BCUT2D eigenvalue weighted by Crippen LogP contribution is -2.44. The Labute approximate surface area is 173 Å². The van der Waals surface area contributed by atoms with Crippen LogP contribution in [0, 0.1) is 0 Å². The summed E-state index contributed by atoms with van der Waals surface area (Å²) < 4.78 is 17.0. The molecule has 2 heterocycles. The fourth-order valence-corrected chi connectivity index (χ4v) is 3.60. The topological polar surface area (TPSA) is 103 Å². The zero-order chi connectivity index (χ0) is 21.1. The second-order valence-electron chi connectivity index (χ2n) is 7.24. The average molecular weight is 410 g/mol. The van der Waals surface area contributed by atoms with Crippen LogP contribution in [0.15, 0.2) is 54.6 Å². The first-order valence-corrected chi connectivity index (χ1v) is 9.69. The van der Waals surface area contributed by atoms with Crippen molar-refractivity contribution in [2.45, 2.75) is 31.3 Å². The van der Waals surface area contributed by atoms with Crippen LogP contribution in [0.1, 0.15) is 27.6 Å². The van der Waals surface area contributed by atoms with Crippen molar-refractivity contribution < 1.29 is 28.6 Å². The monoisotopic (exact) mass is 410 g/mol. The summed E-state index contributed by atoms with van der Waals surface area (Å²) in [7, 11) is 0. The van der Waals surface area contributed by atoms with Gasteiger partial charge in [0.1, 0.15) is 12.2 Å². The van der Waals surface area contributed by atoms with Gasteiger partial charge in [0.05, 0.1) is 19.3 Å². The van der Waals surface area contributed by atoms with Crippen LogP contribution >= 0.6 is 0 Å². The highest BCUT2D eigenvalue weighted by Gasteiger charge is 2.50. The minimum absolute atomic E-state index is 0.0504. The molecule has 2 aliphatic rings. The molecule has 0 spiro atoms. The number of ketones is 1. The first-order valence-electron chi connectivity index (χ1n) is 9.69. The van der Waals surface area contributed by atoms with Gasteiger partial charge in [-0.1, -0.05) is 18.2 Å². The van der Waals surface area contributed by atoms with E-state index in [0.717, 1.165) is 0 Å². The van der Waals surface area contributed by atoms with Crippen molar-refractivity contribution in [3.63, 3.8) is 0 Å². The molecule has 2 aromatic rings. The van der Waals surface area contributed by atoms with Crippen LogP contribution in [0.4, 0.5) is 10.5 Å². The van der Waals surface area contributed by atoms with E-state index in [4.69, 9.17) is 14.2 Å². The quantitative estimate of drug-likeness (QED) is 0.734. The molecule has 2 fully saturated rings. The maximum absolute atomic E-state index is 12.4. The summed E-state index contributed by atoms with van der Waals surface area (Å²) in [4.78, 5) is 35.9. The summed E-state index contributed by atoms with van der Waals surface area (Å²) in [5.74, 6) is -0.255. The average Bonchev–Trinajstić information content (AvgIpc) is 3.32. The van der Waals surface area contributed by atoms with E-state index < -0.39 is 18.3 Å². The van der Waals surface area contributed by atoms with Crippen LogP contribution in [0.5, 0.6) is 0 Å². The molecule has 2 aromatic carbocycles. The number of nitrogens with one attached hydrogen (secondary N) is 2. The zero-order valence-corrected chi connectivity index (χ0v) is 16.4. The van der Waals surface area contributed by atoms with E-state index in [-0.39, 0.29) is 37.0 Å². The highest BCUT2D eigenvalue weighted by molar-refractivity contribution is 5.95. The van der Waals surface area contributed by atoms with Gasteiger partial charge < -0.3 is 19.5 Å². The second kappa shape index (κ2) is 8.64. The lowest BCUT2D eigenvalue weighted by atomic mass is 10.1. The van der Waals surface area contributed by atoms with Gasteiger partial charge >= 0.3 is 6.09 Å². The third-order valence-electron chi connectivity index (χ3n) is 5.16. The van der Waals surface area contributed by atoms with E-state index in [1.807, 2.05) is 6.07 Å². The molecule has 0 aromatic heterocycles. The summed E-state index contributed by atoms with van der Waals surface area (Å²) in [5, 5.41) is 5.55. The summed E-state index contributed by atoms with van der Waals surface area (Å²) in [6.45, 7) is 1.94. The minimum Gasteiger partial charge on any atom is -0.441 e. The number of carbonyl (C=O) groups is 3. The molecule has 8 heteroatoms. The molecule has 4 rings (SSSR count). The van der Waals surface area contributed by atoms with Gasteiger partial charge in [-0.25, -0.2) is 4.79 Å². The zero-order valence-electron chi connectivity index (χ0n) is 16.4. The molecule has 2 aliphatic heterocycles. The lowest BCUT2D eigenvalue weighted by molar-refractivity contribution is 0.00862. The normalized spacial score (nSPS) is 24.7. The van der Waals surface area contributed by atoms with Crippen molar-refractivity contribution in [1.82, 2.24) is 5.32 Å². The van der Waals surface area contributed by atoms with Crippen molar-refractivity contribution in [3.8, 4) is 0 Å². The van der Waals surface area contributed by atoms with Crippen molar-refractivity contribution in [2.75, 3.05) is 18.5 Å². The van der Waals surface area contributed by atoms with Crippen LogP contribution in [0.25, 0.3) is 0 Å². The van der Waals surface area contributed by atoms with Gasteiger partial charge in [-0.15, -0.1) is 0 Å². The van der Waals surface area contributed by atoms with Crippen molar-refractivity contribution in [3.05, 3.63) is 65.7 Å². The first kappa shape index (κ1) is 20.1. The van der Waals surface area contributed by atoms with E-state index >= 15 is 0 Å². The molecule has 2 N–H and O–H groups in total. The predicted molar refractivity (Wildman–Crippen MR) is 108 cm³/mol. The maximum atomic E-state index is 12.4. The third-order valence-corrected chi connectivity index (χ3v) is 5.16. The number of anilines is 1. The van der Waals surface area contributed by atoms with E-state index in [1.165, 1.54) is 6.92 Å². The highest BCUT2D eigenvalue weighted by atomic mass is 16.6. The van der Waals surface area contributed by atoms with E-state index in [2.05, 4.69) is 10.6 Å². The van der Waals surface area contributed by atoms with Crippen molar-refractivity contribution in [1.29, 1.82) is 0 Å². The molecule has 156 valence electrons. The second-order valence-corrected chi connectivity index (χ2v) is 7.24. The number of carbonyl (C=O) groups excluding carboxylic acids is 3. The Morgan fingerprint density at radius 1 is 0.900 bits per heavy atom. The van der Waals surface area contributed by atoms with Crippen molar-refractivity contribution in [2.24, 2.45) is 0 Å². The molecule has 0 bridgehead atoms. The molecular formula is C22H22N2O6. The summed E-state index contributed by atoms with van der Waals surface area (Å²) in [6.07, 6.45) is -2.05. The lowest BCUT2D eigenvalue weighted by Gasteiger charge is -2.18. The van der Waals surface area contributed by atoms with Crippen LogP contribution in [0.2, 0.25) is 0 Å². The Morgan fingerprint density at radius 3 is 2.30 bits per heavy atom. The van der Waals surface area contributed by atoms with Gasteiger partial charge in [-0.2, -0.15) is 0 Å². The molecule has 0 aliphatic carbocycles. The largest absolute Gasteiger partial charge is 0.441 e. The van der Waals surface area contributed by atoms with Gasteiger partial charge in [-0.3, -0.25) is 14.9 Å². The number of hydrogen-bond donors (Lipinski definition) is 2. The summed E-state index contributed by atoms with van der Waals surface area (Å²) >= 11 is 0. The molecule has 0 radical (unpaired) electrons. The van der Waals surface area contributed by atoms with Crippen LogP contribution < -0.4 is 10.6 Å². The Balaban J connectivity index is 1.30. The highest BCUT2D eigenvalue weighted by Crippen LogP contribution is 2.29. The number of fused-ring (bicyclic) bond motifs is 1. The number of amides is 2. The molecule has 30 heavy (non-hydrogen) atoms. The number of ether oxygens (including phenoxy) is 3. The number of rotatable bonds is 5. The smallest absolute Gasteiger partial charge is 0.412 e. The van der Waals surface area contributed by atoms with Crippen molar-refractivity contribution >= 4 is 23.5 Å². The first-order chi connectivity index (χ1) is 14.5. The van der Waals surface area contributed by atoms with Gasteiger partial charge in [0.15, 0.2) is 11.9 Å². The number of Topliss-reactive ketones (excluding diaryl/α,β-unsaturated/α-hetero) is 1. The van der Waals surface area contributed by atoms with E-state index in [9.17, 15) is 14.4 Å². The molecular weight excluding hydrogens is 388 g/mol. The van der Waals surface area contributed by atoms with Crippen LogP contribution in [-0.4, -0.2) is 55.4 Å². The standard InChI is InChI=1S/C22H22N2O6/c1-13(25)14-7-9-16(10-8-14)23-22(27)30-18-12-29-19-17(11-28-20(18)19)24-21(26)15-5-3-2-4-6-15/h2-10,17-20H,11-12H2,1H3,(H,23,27)(H,24,26). The summed E-state index contributed by atoms with van der Waals surface area (Å²) in [6, 6.07) is 15.1. The Bertz CT molecular complexity index is 930. The molecule has 0 saturated carbocycles. The van der Waals surface area contributed by atoms with Crippen LogP contribution in [0.3, 0.4) is 0 Å². The minimum atomic E-state index is -0.639. The SMILES string of the molecule is CC(=O)c1ccc(NC(=O)OC2COC3C(NC(=O)c4ccccc4)COC23)cc1. The fraction of sp³-hybridized carbons (Fsp3) is 0.318. The number of benzene rings is 2. The third kappa shape index (κ3) is 4.34. The molecule has 2 saturated heterocycles. The Morgan fingerprint density at radius 2 is 1.60 bits per heavy atom. The molecule has 4 unspecified atom stereocenters. The molecule has 8 nitrogen and oxygen atoms in total. The number of hydrogen-bond acceptors (Lipinski definition) is 6. The van der Waals surface area contributed by atoms with E-state index in [0.29, 0.717) is 16.8 Å². The Kier molecular flexibility index (Phi) is 5.78. The van der Waals surface area contributed by atoms with Gasteiger partial charge in [0.2, 0.25) is 0 Å². The van der Waals surface area contributed by atoms with Crippen LogP contribution in [-0.2, 0) is 14.2 Å².